The Morgan fingerprint density at radius 2 is 1.97 bits per heavy atom. The summed E-state index contributed by atoms with van der Waals surface area (Å²) in [6.45, 7) is 1.94. The van der Waals surface area contributed by atoms with Gasteiger partial charge >= 0.3 is 5.69 Å². The molecule has 0 aliphatic carbocycles. The van der Waals surface area contributed by atoms with E-state index in [9.17, 15) is 24.8 Å². The van der Waals surface area contributed by atoms with Gasteiger partial charge in [0.05, 0.1) is 23.0 Å². The maximum atomic E-state index is 12.7. The van der Waals surface area contributed by atoms with Crippen molar-refractivity contribution in [3.8, 4) is 11.5 Å². The first-order chi connectivity index (χ1) is 13.8. The predicted molar refractivity (Wildman–Crippen MR) is 109 cm³/mol. The van der Waals surface area contributed by atoms with E-state index >= 15 is 0 Å². The van der Waals surface area contributed by atoms with Gasteiger partial charge in [0, 0.05) is 11.1 Å². The van der Waals surface area contributed by atoms with Gasteiger partial charge in [-0.05, 0) is 54.1 Å². The van der Waals surface area contributed by atoms with Crippen LogP contribution in [0.25, 0.3) is 6.08 Å². The van der Waals surface area contributed by atoms with Crippen molar-refractivity contribution in [2.75, 3.05) is 6.61 Å². The Balaban J connectivity index is 1.90. The molecule has 0 saturated carbocycles. The highest BCUT2D eigenvalue weighted by Crippen LogP contribution is 2.39. The minimum atomic E-state index is -0.749. The number of nitro groups is 1. The summed E-state index contributed by atoms with van der Waals surface area (Å²) in [5.74, 6) is -1.18. The van der Waals surface area contributed by atoms with E-state index in [2.05, 4.69) is 0 Å². The van der Waals surface area contributed by atoms with E-state index in [4.69, 9.17) is 16.3 Å². The van der Waals surface area contributed by atoms with Gasteiger partial charge in [0.1, 0.15) is 0 Å². The number of benzene rings is 2. The number of phenolic OH excluding ortho intramolecular Hbond substituents is 1. The summed E-state index contributed by atoms with van der Waals surface area (Å²) in [5, 5.41) is 21.2. The van der Waals surface area contributed by atoms with E-state index in [1.807, 2.05) is 0 Å². The van der Waals surface area contributed by atoms with E-state index in [-0.39, 0.29) is 29.4 Å². The maximum Gasteiger partial charge on any atom is 0.315 e. The monoisotopic (exact) mass is 434 g/mol. The molecule has 1 N–H and O–H groups in total. The molecule has 150 valence electrons. The van der Waals surface area contributed by atoms with Gasteiger partial charge in [0.25, 0.3) is 11.1 Å². The standard InChI is InChI=1S/C19H15ClN2O6S/c1-2-28-15-8-12(7-14(17(15)23)22(26)27)9-16-18(24)21(19(25)29-16)10-11-3-5-13(20)6-4-11/h3-9,23H,2,10H2,1H3. The Hall–Kier alpha value is -3.04. The number of hydrogen-bond donors (Lipinski definition) is 1. The van der Waals surface area contributed by atoms with Gasteiger partial charge in [-0.1, -0.05) is 23.7 Å². The first-order valence-corrected chi connectivity index (χ1v) is 9.63. The largest absolute Gasteiger partial charge is 0.500 e. The zero-order chi connectivity index (χ0) is 21.1. The van der Waals surface area contributed by atoms with Gasteiger partial charge in [0.2, 0.25) is 5.75 Å². The van der Waals surface area contributed by atoms with E-state index in [1.165, 1.54) is 12.1 Å². The topological polar surface area (TPSA) is 110 Å². The Kier molecular flexibility index (Phi) is 6.09. The number of hydrogen-bond acceptors (Lipinski definition) is 7. The molecule has 1 fully saturated rings. The third-order valence-electron chi connectivity index (χ3n) is 4.00. The van der Waals surface area contributed by atoms with Crippen molar-refractivity contribution in [2.45, 2.75) is 13.5 Å². The lowest BCUT2D eigenvalue weighted by Gasteiger charge is -2.12. The van der Waals surface area contributed by atoms with E-state index < -0.39 is 27.5 Å². The Morgan fingerprint density at radius 1 is 1.28 bits per heavy atom. The molecule has 2 amide bonds. The van der Waals surface area contributed by atoms with E-state index in [0.717, 1.165) is 28.3 Å². The lowest BCUT2D eigenvalue weighted by molar-refractivity contribution is -0.386. The summed E-state index contributed by atoms with van der Waals surface area (Å²) < 4.78 is 5.23. The normalized spacial score (nSPS) is 15.2. The SMILES string of the molecule is CCOc1cc(C=C2SC(=O)N(Cc3ccc(Cl)cc3)C2=O)cc([N+](=O)[O-])c1O. The number of aromatic hydroxyl groups is 1. The lowest BCUT2D eigenvalue weighted by Crippen LogP contribution is -2.27. The van der Waals surface area contributed by atoms with Crippen LogP contribution in [0.2, 0.25) is 5.02 Å². The lowest BCUT2D eigenvalue weighted by atomic mass is 10.1. The summed E-state index contributed by atoms with van der Waals surface area (Å²) in [6.07, 6.45) is 1.36. The second-order valence-electron chi connectivity index (χ2n) is 5.97. The average Bonchev–Trinajstić information content (AvgIpc) is 2.93. The number of thioether (sulfide) groups is 1. The number of nitro benzene ring substituents is 1. The molecular formula is C19H15ClN2O6S. The molecule has 29 heavy (non-hydrogen) atoms. The van der Waals surface area contributed by atoms with Crippen LogP contribution in [0.5, 0.6) is 11.5 Å². The highest BCUT2D eigenvalue weighted by molar-refractivity contribution is 8.18. The van der Waals surface area contributed by atoms with Crippen LogP contribution in [0.4, 0.5) is 10.5 Å². The molecule has 0 radical (unpaired) electrons. The van der Waals surface area contributed by atoms with Gasteiger partial charge in [-0.3, -0.25) is 24.6 Å². The van der Waals surface area contributed by atoms with Crippen LogP contribution >= 0.6 is 23.4 Å². The zero-order valence-electron chi connectivity index (χ0n) is 15.1. The van der Waals surface area contributed by atoms with Crippen LogP contribution in [-0.2, 0) is 11.3 Å². The van der Waals surface area contributed by atoms with Crippen LogP contribution in [0.3, 0.4) is 0 Å². The van der Waals surface area contributed by atoms with Crippen molar-refractivity contribution in [1.82, 2.24) is 4.90 Å². The van der Waals surface area contributed by atoms with E-state index in [1.54, 1.807) is 31.2 Å². The fraction of sp³-hybridized carbons (Fsp3) is 0.158. The summed E-state index contributed by atoms with van der Waals surface area (Å²) in [7, 11) is 0. The minimum Gasteiger partial charge on any atom is -0.500 e. The molecule has 8 nitrogen and oxygen atoms in total. The minimum absolute atomic E-state index is 0.0756. The second-order valence-corrected chi connectivity index (χ2v) is 7.40. The molecule has 0 atom stereocenters. The molecular weight excluding hydrogens is 420 g/mol. The maximum absolute atomic E-state index is 12.7. The van der Waals surface area contributed by atoms with Crippen LogP contribution in [0.15, 0.2) is 41.3 Å². The van der Waals surface area contributed by atoms with Gasteiger partial charge < -0.3 is 9.84 Å². The molecule has 1 saturated heterocycles. The van der Waals surface area contributed by atoms with Gasteiger partial charge in [-0.2, -0.15) is 0 Å². The number of phenols is 1. The van der Waals surface area contributed by atoms with Crippen molar-refractivity contribution in [3.63, 3.8) is 0 Å². The highest BCUT2D eigenvalue weighted by atomic mass is 35.5. The Bertz CT molecular complexity index is 1020. The van der Waals surface area contributed by atoms with Crippen LogP contribution in [0.1, 0.15) is 18.1 Å². The zero-order valence-corrected chi connectivity index (χ0v) is 16.7. The number of imide groups is 1. The number of nitrogens with zero attached hydrogens (tertiary/aromatic N) is 2. The third-order valence-corrected chi connectivity index (χ3v) is 5.16. The molecule has 10 heteroatoms. The molecule has 1 aliphatic rings. The van der Waals surface area contributed by atoms with Crippen LogP contribution in [-0.4, -0.2) is 32.7 Å². The number of carbonyl (C=O) groups is 2. The van der Waals surface area contributed by atoms with Crippen LogP contribution in [0, 0.1) is 10.1 Å². The van der Waals surface area contributed by atoms with Crippen molar-refractivity contribution >= 4 is 46.3 Å². The predicted octanol–water partition coefficient (Wildman–Crippen LogP) is 4.59. The summed E-state index contributed by atoms with van der Waals surface area (Å²) in [6, 6.07) is 9.25. The van der Waals surface area contributed by atoms with Gasteiger partial charge in [-0.15, -0.1) is 0 Å². The first kappa shape index (κ1) is 20.7. The Labute approximate surface area is 174 Å². The molecule has 2 aromatic carbocycles. The highest BCUT2D eigenvalue weighted by Gasteiger charge is 2.35. The average molecular weight is 435 g/mol. The molecule has 0 aromatic heterocycles. The van der Waals surface area contributed by atoms with Crippen molar-refractivity contribution < 1.29 is 24.4 Å². The van der Waals surface area contributed by atoms with E-state index in [0.29, 0.717) is 5.02 Å². The van der Waals surface area contributed by atoms with Gasteiger partial charge in [0.15, 0.2) is 5.75 Å². The van der Waals surface area contributed by atoms with Crippen LogP contribution < -0.4 is 4.74 Å². The summed E-state index contributed by atoms with van der Waals surface area (Å²) >= 11 is 6.58. The molecule has 1 heterocycles. The molecule has 2 aromatic rings. The quantitative estimate of drug-likeness (QED) is 0.402. The third kappa shape index (κ3) is 4.52. The molecule has 0 spiro atoms. The molecule has 3 rings (SSSR count). The number of ether oxygens (including phenoxy) is 1. The fourth-order valence-electron chi connectivity index (χ4n) is 2.66. The molecule has 0 unspecified atom stereocenters. The first-order valence-electron chi connectivity index (χ1n) is 8.44. The smallest absolute Gasteiger partial charge is 0.315 e. The van der Waals surface area contributed by atoms with Crippen molar-refractivity contribution in [3.05, 3.63) is 67.6 Å². The van der Waals surface area contributed by atoms with Crippen molar-refractivity contribution in [2.24, 2.45) is 0 Å². The summed E-state index contributed by atoms with van der Waals surface area (Å²) in [5.41, 5.74) is 0.439. The number of amides is 2. The number of rotatable bonds is 6. The molecule has 0 bridgehead atoms. The number of carbonyl (C=O) groups excluding carboxylic acids is 2. The Morgan fingerprint density at radius 3 is 2.59 bits per heavy atom. The number of halogens is 1. The van der Waals surface area contributed by atoms with Crippen molar-refractivity contribution in [1.29, 1.82) is 0 Å². The molecule has 1 aliphatic heterocycles. The fourth-order valence-corrected chi connectivity index (χ4v) is 3.63. The summed E-state index contributed by atoms with van der Waals surface area (Å²) in [4.78, 5) is 36.6. The van der Waals surface area contributed by atoms with Gasteiger partial charge in [-0.25, -0.2) is 0 Å². The second kappa shape index (κ2) is 8.54.